The molecule has 0 bridgehead atoms. The van der Waals surface area contributed by atoms with E-state index in [1.807, 2.05) is 0 Å². The Labute approximate surface area is 159 Å². The number of carbonyl (C=O) groups excluding carboxylic acids is 1. The van der Waals surface area contributed by atoms with Crippen LogP contribution in [-0.4, -0.2) is 38.1 Å². The molecule has 1 fully saturated rings. The van der Waals surface area contributed by atoms with Crippen LogP contribution in [0.15, 0.2) is 47.5 Å². The molecular formula is C21H16O7. The summed E-state index contributed by atoms with van der Waals surface area (Å²) in [6.45, 7) is 0. The second-order valence-corrected chi connectivity index (χ2v) is 6.33. The minimum atomic E-state index is -1.24. The maximum atomic E-state index is 12.6. The number of hydrogen-bond donors (Lipinski definition) is 4. The number of carboxylic acids is 2. The second kappa shape index (κ2) is 7.40. The van der Waals surface area contributed by atoms with Gasteiger partial charge in [-0.15, -0.1) is 0 Å². The number of aromatic carboxylic acids is 2. The summed E-state index contributed by atoms with van der Waals surface area (Å²) in [6.07, 6.45) is 4.15. The van der Waals surface area contributed by atoms with Crippen molar-refractivity contribution in [1.29, 1.82) is 0 Å². The van der Waals surface area contributed by atoms with Crippen molar-refractivity contribution >= 4 is 29.9 Å². The Morgan fingerprint density at radius 3 is 1.46 bits per heavy atom. The summed E-state index contributed by atoms with van der Waals surface area (Å²) in [5.41, 5.74) is 1.61. The largest absolute Gasteiger partial charge is 0.507 e. The van der Waals surface area contributed by atoms with Crippen LogP contribution >= 0.6 is 0 Å². The van der Waals surface area contributed by atoms with Gasteiger partial charge in [-0.25, -0.2) is 9.59 Å². The fourth-order valence-corrected chi connectivity index (χ4v) is 3.02. The Bertz CT molecular complexity index is 977. The summed E-state index contributed by atoms with van der Waals surface area (Å²) in [4.78, 5) is 34.5. The van der Waals surface area contributed by atoms with E-state index in [1.54, 1.807) is 12.2 Å². The van der Waals surface area contributed by atoms with Gasteiger partial charge in [-0.05, 0) is 60.4 Å². The van der Waals surface area contributed by atoms with Crippen LogP contribution in [0.3, 0.4) is 0 Å². The zero-order chi connectivity index (χ0) is 20.4. The lowest BCUT2D eigenvalue weighted by atomic mass is 10.0. The van der Waals surface area contributed by atoms with Gasteiger partial charge in [0.1, 0.15) is 22.6 Å². The zero-order valence-electron chi connectivity index (χ0n) is 14.5. The van der Waals surface area contributed by atoms with Crippen LogP contribution in [0.25, 0.3) is 12.2 Å². The van der Waals surface area contributed by atoms with Gasteiger partial charge >= 0.3 is 11.9 Å². The van der Waals surface area contributed by atoms with Crippen molar-refractivity contribution in [1.82, 2.24) is 0 Å². The van der Waals surface area contributed by atoms with Gasteiger partial charge in [-0.3, -0.25) is 4.79 Å². The molecule has 7 nitrogen and oxygen atoms in total. The van der Waals surface area contributed by atoms with Gasteiger partial charge in [0, 0.05) is 11.1 Å². The summed E-state index contributed by atoms with van der Waals surface area (Å²) < 4.78 is 0. The van der Waals surface area contributed by atoms with Gasteiger partial charge in [0.05, 0.1) is 0 Å². The maximum absolute atomic E-state index is 12.6. The van der Waals surface area contributed by atoms with E-state index in [2.05, 4.69) is 0 Å². The highest BCUT2D eigenvalue weighted by Gasteiger charge is 2.23. The standard InChI is InChI=1S/C21H16O7/c22-17-9-11(1-5-15(17)20(25)26)7-13-3-4-14(19(13)24)8-12-2-6-16(21(27)28)18(23)10-12/h1-2,5-10,22-23H,3-4H2,(H,25,26)(H,27,28). The van der Waals surface area contributed by atoms with E-state index in [-0.39, 0.29) is 28.4 Å². The second-order valence-electron chi connectivity index (χ2n) is 6.33. The van der Waals surface area contributed by atoms with Gasteiger partial charge in [0.15, 0.2) is 5.78 Å². The molecule has 0 atom stereocenters. The average Bonchev–Trinajstić information content (AvgIpc) is 2.94. The molecule has 0 unspecified atom stereocenters. The van der Waals surface area contributed by atoms with E-state index in [1.165, 1.54) is 36.4 Å². The Hall–Kier alpha value is -3.87. The van der Waals surface area contributed by atoms with Crippen molar-refractivity contribution in [3.63, 3.8) is 0 Å². The quantitative estimate of drug-likeness (QED) is 0.598. The molecule has 2 aromatic carbocycles. The fourth-order valence-electron chi connectivity index (χ4n) is 3.02. The van der Waals surface area contributed by atoms with Crippen LogP contribution in [-0.2, 0) is 4.79 Å². The molecule has 0 aromatic heterocycles. The number of benzene rings is 2. The predicted octanol–water partition coefficient (Wildman–Crippen LogP) is 3.32. The molecule has 0 saturated heterocycles. The van der Waals surface area contributed by atoms with E-state index < -0.39 is 11.9 Å². The lowest BCUT2D eigenvalue weighted by Crippen LogP contribution is -1.98. The number of hydrogen-bond acceptors (Lipinski definition) is 5. The molecule has 0 amide bonds. The zero-order valence-corrected chi connectivity index (χ0v) is 14.5. The molecule has 142 valence electrons. The van der Waals surface area contributed by atoms with E-state index >= 15 is 0 Å². The van der Waals surface area contributed by atoms with Crippen molar-refractivity contribution in [3.05, 3.63) is 69.8 Å². The van der Waals surface area contributed by atoms with Crippen molar-refractivity contribution < 1.29 is 34.8 Å². The highest BCUT2D eigenvalue weighted by molar-refractivity contribution is 6.15. The first-order valence-corrected chi connectivity index (χ1v) is 8.34. The highest BCUT2D eigenvalue weighted by Crippen LogP contribution is 2.31. The fraction of sp³-hybridized carbons (Fsp3) is 0.0952. The number of aromatic hydroxyl groups is 2. The minimum Gasteiger partial charge on any atom is -0.507 e. The third-order valence-corrected chi connectivity index (χ3v) is 4.43. The molecule has 1 aliphatic carbocycles. The van der Waals surface area contributed by atoms with Crippen molar-refractivity contribution in [3.8, 4) is 11.5 Å². The normalized spacial score (nSPS) is 16.6. The topological polar surface area (TPSA) is 132 Å². The molecule has 0 radical (unpaired) electrons. The van der Waals surface area contributed by atoms with Gasteiger partial charge in [0.2, 0.25) is 0 Å². The first kappa shape index (κ1) is 18.9. The smallest absolute Gasteiger partial charge is 0.339 e. The third kappa shape index (κ3) is 3.78. The molecule has 4 N–H and O–H groups in total. The van der Waals surface area contributed by atoms with E-state index in [0.717, 1.165) is 0 Å². The Kier molecular flexibility index (Phi) is 5.00. The molecule has 28 heavy (non-hydrogen) atoms. The van der Waals surface area contributed by atoms with Crippen LogP contribution in [0, 0.1) is 0 Å². The molecule has 2 aromatic rings. The van der Waals surface area contributed by atoms with Gasteiger partial charge in [-0.2, -0.15) is 0 Å². The monoisotopic (exact) mass is 380 g/mol. The summed E-state index contributed by atoms with van der Waals surface area (Å²) in [7, 11) is 0. The number of rotatable bonds is 4. The summed E-state index contributed by atoms with van der Waals surface area (Å²) in [5.74, 6) is -3.43. The van der Waals surface area contributed by atoms with Gasteiger partial charge in [-0.1, -0.05) is 12.1 Å². The molecule has 0 spiro atoms. The first-order valence-electron chi connectivity index (χ1n) is 8.34. The minimum absolute atomic E-state index is 0.191. The highest BCUT2D eigenvalue weighted by atomic mass is 16.4. The Balaban J connectivity index is 1.85. The molecule has 7 heteroatoms. The lowest BCUT2D eigenvalue weighted by Gasteiger charge is -2.02. The van der Waals surface area contributed by atoms with E-state index in [0.29, 0.717) is 35.1 Å². The first-order chi connectivity index (χ1) is 13.3. The van der Waals surface area contributed by atoms with Crippen LogP contribution in [0.5, 0.6) is 11.5 Å². The number of phenols is 2. The lowest BCUT2D eigenvalue weighted by molar-refractivity contribution is -0.111. The molecule has 0 heterocycles. The molecule has 1 saturated carbocycles. The van der Waals surface area contributed by atoms with Crippen molar-refractivity contribution in [2.24, 2.45) is 0 Å². The third-order valence-electron chi connectivity index (χ3n) is 4.43. The molecular weight excluding hydrogens is 364 g/mol. The Morgan fingerprint density at radius 2 is 1.14 bits per heavy atom. The number of Topliss-reactive ketones (excluding diaryl/α,β-unsaturated/α-hetero) is 1. The summed E-state index contributed by atoms with van der Waals surface area (Å²) >= 11 is 0. The summed E-state index contributed by atoms with van der Waals surface area (Å²) in [6, 6.07) is 8.13. The van der Waals surface area contributed by atoms with E-state index in [4.69, 9.17) is 10.2 Å². The van der Waals surface area contributed by atoms with Crippen LogP contribution in [0.4, 0.5) is 0 Å². The van der Waals surface area contributed by atoms with E-state index in [9.17, 15) is 24.6 Å². The Morgan fingerprint density at radius 1 is 0.750 bits per heavy atom. The number of carboxylic acid groups (broad SMARTS) is 2. The number of allylic oxidation sites excluding steroid dienone is 2. The predicted molar refractivity (Wildman–Crippen MR) is 100 cm³/mol. The van der Waals surface area contributed by atoms with Crippen LogP contribution in [0.2, 0.25) is 0 Å². The molecule has 0 aliphatic heterocycles. The number of ketones is 1. The van der Waals surface area contributed by atoms with Crippen LogP contribution < -0.4 is 0 Å². The molecule has 3 rings (SSSR count). The maximum Gasteiger partial charge on any atom is 0.339 e. The van der Waals surface area contributed by atoms with Gasteiger partial charge < -0.3 is 20.4 Å². The van der Waals surface area contributed by atoms with Crippen molar-refractivity contribution in [2.75, 3.05) is 0 Å². The average molecular weight is 380 g/mol. The summed E-state index contributed by atoms with van der Waals surface area (Å²) in [5, 5.41) is 37.4. The van der Waals surface area contributed by atoms with Crippen molar-refractivity contribution in [2.45, 2.75) is 12.8 Å². The number of carbonyl (C=O) groups is 3. The SMILES string of the molecule is O=C1C(=Cc2ccc(C(=O)O)c(O)c2)CCC1=Cc1ccc(C(=O)O)c(O)c1. The molecule has 1 aliphatic rings. The van der Waals surface area contributed by atoms with Gasteiger partial charge in [0.25, 0.3) is 0 Å². The van der Waals surface area contributed by atoms with Crippen LogP contribution in [0.1, 0.15) is 44.7 Å².